The van der Waals surface area contributed by atoms with Crippen molar-refractivity contribution in [1.29, 1.82) is 5.41 Å². The van der Waals surface area contributed by atoms with Crippen LogP contribution in [0.3, 0.4) is 0 Å². The van der Waals surface area contributed by atoms with E-state index in [4.69, 9.17) is 5.41 Å². The Morgan fingerprint density at radius 2 is 2.18 bits per heavy atom. The van der Waals surface area contributed by atoms with Gasteiger partial charge in [-0.2, -0.15) is 5.10 Å². The molecule has 1 aliphatic rings. The molecular formula is C13H22N4. The molecule has 0 aromatic carbocycles. The second-order valence-electron chi connectivity index (χ2n) is 5.10. The molecule has 0 amide bonds. The first-order chi connectivity index (χ1) is 8.16. The highest BCUT2D eigenvalue weighted by Crippen LogP contribution is 2.25. The number of aryl methyl sites for hydroxylation is 1. The zero-order valence-electron chi connectivity index (χ0n) is 10.8. The Hall–Kier alpha value is -1.32. The van der Waals surface area contributed by atoms with Gasteiger partial charge in [0.05, 0.1) is 12.0 Å². The highest BCUT2D eigenvalue weighted by atomic mass is 15.2. The van der Waals surface area contributed by atoms with E-state index < -0.39 is 0 Å². The number of nitrogens with one attached hydrogen (secondary N) is 1. The summed E-state index contributed by atoms with van der Waals surface area (Å²) in [6, 6.07) is 0. The van der Waals surface area contributed by atoms with Crippen molar-refractivity contribution in [1.82, 2.24) is 14.7 Å². The summed E-state index contributed by atoms with van der Waals surface area (Å²) >= 11 is 0. The number of nitrogens with zero attached hydrogens (tertiary/aromatic N) is 3. The largest absolute Gasteiger partial charge is 0.359 e. The molecule has 0 aliphatic heterocycles. The van der Waals surface area contributed by atoms with E-state index in [1.165, 1.54) is 37.7 Å². The normalized spacial score (nSPS) is 17.1. The van der Waals surface area contributed by atoms with E-state index in [0.29, 0.717) is 5.92 Å². The van der Waals surface area contributed by atoms with Crippen molar-refractivity contribution in [2.75, 3.05) is 7.05 Å². The van der Waals surface area contributed by atoms with Crippen molar-refractivity contribution in [3.8, 4) is 0 Å². The fourth-order valence-corrected chi connectivity index (χ4v) is 2.60. The highest BCUT2D eigenvalue weighted by Gasteiger charge is 2.20. The van der Waals surface area contributed by atoms with Gasteiger partial charge < -0.3 is 4.90 Å². The van der Waals surface area contributed by atoms with Crippen LogP contribution in [0.25, 0.3) is 0 Å². The fourth-order valence-electron chi connectivity index (χ4n) is 2.60. The van der Waals surface area contributed by atoms with Gasteiger partial charge in [-0.3, -0.25) is 10.1 Å². The summed E-state index contributed by atoms with van der Waals surface area (Å²) in [6.07, 6.45) is 10.2. The molecule has 1 fully saturated rings. The minimum atomic E-state index is 0.477. The van der Waals surface area contributed by atoms with Crippen LogP contribution < -0.4 is 0 Å². The molecule has 1 aliphatic carbocycles. The molecule has 1 heterocycles. The molecule has 4 heteroatoms. The fraction of sp³-hybridized carbons (Fsp3) is 0.692. The Bertz CT molecular complexity index is 377. The summed E-state index contributed by atoms with van der Waals surface area (Å²) in [5.41, 5.74) is 1.18. The van der Waals surface area contributed by atoms with Gasteiger partial charge in [-0.25, -0.2) is 0 Å². The summed E-state index contributed by atoms with van der Waals surface area (Å²) in [5.74, 6) is 1.28. The lowest BCUT2D eigenvalue weighted by Gasteiger charge is -2.28. The van der Waals surface area contributed by atoms with Gasteiger partial charge in [0, 0.05) is 38.3 Å². The molecule has 0 saturated heterocycles. The van der Waals surface area contributed by atoms with Crippen molar-refractivity contribution in [2.24, 2.45) is 13.0 Å². The lowest BCUT2D eigenvalue weighted by molar-refractivity contribution is 0.382. The van der Waals surface area contributed by atoms with Crippen LogP contribution in [0.1, 0.15) is 37.7 Å². The maximum Gasteiger partial charge on any atom is 0.0989 e. The Labute approximate surface area is 103 Å². The second kappa shape index (κ2) is 5.34. The maximum atomic E-state index is 8.24. The second-order valence-corrected chi connectivity index (χ2v) is 5.10. The van der Waals surface area contributed by atoms with Crippen LogP contribution >= 0.6 is 0 Å². The zero-order valence-corrected chi connectivity index (χ0v) is 10.8. The van der Waals surface area contributed by atoms with Crippen molar-refractivity contribution in [3.05, 3.63) is 18.0 Å². The molecule has 0 bridgehead atoms. The summed E-state index contributed by atoms with van der Waals surface area (Å²) in [7, 11) is 3.94. The van der Waals surface area contributed by atoms with Gasteiger partial charge in [0.2, 0.25) is 0 Å². The van der Waals surface area contributed by atoms with Crippen molar-refractivity contribution < 1.29 is 0 Å². The Morgan fingerprint density at radius 3 is 2.76 bits per heavy atom. The third-order valence-electron chi connectivity index (χ3n) is 3.58. The van der Waals surface area contributed by atoms with Gasteiger partial charge in [-0.05, 0) is 12.8 Å². The third kappa shape index (κ3) is 3.08. The smallest absolute Gasteiger partial charge is 0.0989 e. The maximum absolute atomic E-state index is 8.24. The average Bonchev–Trinajstić information content (AvgIpc) is 2.75. The van der Waals surface area contributed by atoms with Crippen LogP contribution in [-0.4, -0.2) is 27.6 Å². The quantitative estimate of drug-likeness (QED) is 0.645. The van der Waals surface area contributed by atoms with Crippen LogP contribution in [0.5, 0.6) is 0 Å². The van der Waals surface area contributed by atoms with E-state index in [1.807, 2.05) is 31.2 Å². The van der Waals surface area contributed by atoms with Crippen LogP contribution in [0.15, 0.2) is 12.4 Å². The van der Waals surface area contributed by atoms with E-state index in [1.54, 1.807) is 0 Å². The predicted octanol–water partition coefficient (Wildman–Crippen LogP) is 2.41. The average molecular weight is 234 g/mol. The number of amidine groups is 1. The summed E-state index contributed by atoms with van der Waals surface area (Å²) in [6.45, 7) is 0.795. The molecule has 1 N–H and O–H groups in total. The Kier molecular flexibility index (Phi) is 3.82. The van der Waals surface area contributed by atoms with E-state index >= 15 is 0 Å². The third-order valence-corrected chi connectivity index (χ3v) is 3.58. The monoisotopic (exact) mass is 234 g/mol. The van der Waals surface area contributed by atoms with Crippen LogP contribution in [0.2, 0.25) is 0 Å². The Morgan fingerprint density at radius 1 is 1.47 bits per heavy atom. The van der Waals surface area contributed by atoms with Gasteiger partial charge in [0.25, 0.3) is 0 Å². The number of hydrogen-bond donors (Lipinski definition) is 1. The topological polar surface area (TPSA) is 44.9 Å². The van der Waals surface area contributed by atoms with Crippen molar-refractivity contribution in [3.63, 3.8) is 0 Å². The molecule has 0 radical (unpaired) electrons. The minimum absolute atomic E-state index is 0.477. The number of aromatic nitrogens is 2. The van der Waals surface area contributed by atoms with E-state index in [9.17, 15) is 0 Å². The molecule has 94 valence electrons. The summed E-state index contributed by atoms with van der Waals surface area (Å²) in [4.78, 5) is 2.06. The van der Waals surface area contributed by atoms with Crippen molar-refractivity contribution >= 4 is 5.84 Å². The lowest BCUT2D eigenvalue weighted by atomic mass is 9.88. The van der Waals surface area contributed by atoms with Crippen LogP contribution in [-0.2, 0) is 13.6 Å². The predicted molar refractivity (Wildman–Crippen MR) is 69.0 cm³/mol. The van der Waals surface area contributed by atoms with Crippen LogP contribution in [0, 0.1) is 11.3 Å². The summed E-state index contributed by atoms with van der Waals surface area (Å²) in [5, 5.41) is 12.4. The van der Waals surface area contributed by atoms with Gasteiger partial charge in [-0.15, -0.1) is 0 Å². The van der Waals surface area contributed by atoms with E-state index in [2.05, 4.69) is 10.00 Å². The molecule has 17 heavy (non-hydrogen) atoms. The molecule has 4 nitrogen and oxygen atoms in total. The molecule has 0 unspecified atom stereocenters. The molecule has 2 rings (SSSR count). The van der Waals surface area contributed by atoms with E-state index in [0.717, 1.165) is 12.4 Å². The minimum Gasteiger partial charge on any atom is -0.359 e. The molecule has 1 aromatic rings. The molecule has 1 aromatic heterocycles. The zero-order chi connectivity index (χ0) is 12.3. The van der Waals surface area contributed by atoms with Crippen LogP contribution in [0.4, 0.5) is 0 Å². The highest BCUT2D eigenvalue weighted by molar-refractivity contribution is 5.81. The molecule has 1 saturated carbocycles. The molecule has 0 spiro atoms. The number of rotatable bonds is 3. The summed E-state index contributed by atoms with van der Waals surface area (Å²) < 4.78 is 1.81. The van der Waals surface area contributed by atoms with E-state index in [-0.39, 0.29) is 0 Å². The lowest BCUT2D eigenvalue weighted by Crippen LogP contribution is -2.32. The van der Waals surface area contributed by atoms with Gasteiger partial charge in [0.1, 0.15) is 0 Å². The van der Waals surface area contributed by atoms with Gasteiger partial charge in [0.15, 0.2) is 0 Å². The Balaban J connectivity index is 1.90. The molecule has 0 atom stereocenters. The first kappa shape index (κ1) is 12.1. The van der Waals surface area contributed by atoms with Crippen molar-refractivity contribution in [2.45, 2.75) is 38.6 Å². The standard InChI is InChI=1S/C13H22N4/c1-16(9-11-8-15-17(2)10-11)13(14)12-6-4-3-5-7-12/h8,10,12,14H,3-7,9H2,1-2H3. The first-order valence-corrected chi connectivity index (χ1v) is 6.44. The first-order valence-electron chi connectivity index (χ1n) is 6.44. The molecular weight excluding hydrogens is 212 g/mol. The van der Waals surface area contributed by atoms with Gasteiger partial charge in [-0.1, -0.05) is 19.3 Å². The number of hydrogen-bond acceptors (Lipinski definition) is 2. The van der Waals surface area contributed by atoms with Gasteiger partial charge >= 0.3 is 0 Å². The SMILES string of the molecule is CN(Cc1cnn(C)c1)C(=N)C1CCCCC1.